The highest BCUT2D eigenvalue weighted by Crippen LogP contribution is 2.38. The molecule has 0 spiro atoms. The van der Waals surface area contributed by atoms with Crippen LogP contribution in [0.15, 0.2) is 0 Å². The predicted molar refractivity (Wildman–Crippen MR) is 227 cm³/mol. The fraction of sp³-hybridized carbons (Fsp3) is 0.956. The van der Waals surface area contributed by atoms with Gasteiger partial charge in [0.2, 0.25) is 5.91 Å². The van der Waals surface area contributed by atoms with Crippen molar-refractivity contribution in [2.45, 2.75) is 248 Å². The van der Waals surface area contributed by atoms with Gasteiger partial charge in [-0.2, -0.15) is 0 Å². The molecule has 60 heavy (non-hydrogen) atoms. The van der Waals surface area contributed by atoms with Gasteiger partial charge in [0.15, 0.2) is 6.29 Å². The summed E-state index contributed by atoms with van der Waals surface area (Å²) in [5, 5.41) is 87.3. The number of carbonyl (C=O) groups is 2. The number of carboxylic acids is 1. The Morgan fingerprint density at radius 2 is 1.20 bits per heavy atom. The first-order valence-electron chi connectivity index (χ1n) is 23.6. The molecule has 0 bridgehead atoms. The van der Waals surface area contributed by atoms with Gasteiger partial charge in [0, 0.05) is 13.3 Å². The lowest BCUT2D eigenvalue weighted by Gasteiger charge is -2.50. The van der Waals surface area contributed by atoms with Crippen LogP contribution in [0.1, 0.15) is 181 Å². The maximum absolute atomic E-state index is 12.9. The molecule has 0 aromatic rings. The SMILES string of the molecule is CCCCCCCCCCCCCC(CCCCCCCCCCCCC)CO[C@H]1O[C@H](CO)[C@H](O)[C@H](O[C@]2(C(=O)O)C[C@H](O)[C@@H](NC(C)=O)[C@@H]([C@H](O)[C@H](O)CO)O2)[C@H]1O. The highest BCUT2D eigenvalue weighted by Gasteiger charge is 2.59. The Morgan fingerprint density at radius 1 is 0.733 bits per heavy atom. The molecular weight excluding hydrogens is 778 g/mol. The van der Waals surface area contributed by atoms with Crippen LogP contribution >= 0.6 is 0 Å². The molecule has 2 saturated heterocycles. The summed E-state index contributed by atoms with van der Waals surface area (Å²) in [5.41, 5.74) is 0. The zero-order chi connectivity index (χ0) is 44.3. The summed E-state index contributed by atoms with van der Waals surface area (Å²) in [4.78, 5) is 24.8. The minimum absolute atomic E-state index is 0.143. The van der Waals surface area contributed by atoms with Crippen molar-refractivity contribution in [3.8, 4) is 0 Å². The maximum Gasteiger partial charge on any atom is 0.364 e. The van der Waals surface area contributed by atoms with E-state index in [0.717, 1.165) is 45.4 Å². The van der Waals surface area contributed by atoms with E-state index < -0.39 is 98.5 Å². The molecule has 354 valence electrons. The third-order valence-electron chi connectivity index (χ3n) is 12.3. The van der Waals surface area contributed by atoms with Crippen LogP contribution in [0.4, 0.5) is 0 Å². The van der Waals surface area contributed by atoms with Crippen LogP contribution in [-0.4, -0.2) is 140 Å². The number of hydrogen-bond donors (Lipinski definition) is 9. The standard InChI is InChI=1S/C45H85NO14/c1-4-6-8-10-12-14-16-18-20-22-24-26-33(27-25-23-21-19-17-15-13-11-9-7-5-2)31-57-43-40(54)42(39(53)36(30-48)58-43)60-45(44(55)56)28-34(50)37(46-32(3)49)41(59-45)38(52)35(51)29-47/h33-43,47-48,50-54H,4-31H2,1-3H3,(H,46,49)(H,55,56)/t34-,35+,36+,37+,38+,39-,40+,41-,42-,43-,45-/m0/s1. The van der Waals surface area contributed by atoms with E-state index in [1.807, 2.05) is 0 Å². The van der Waals surface area contributed by atoms with Gasteiger partial charge in [0.05, 0.1) is 32.0 Å². The molecule has 11 atom stereocenters. The normalized spacial score (nSPS) is 28.2. The second-order valence-corrected chi connectivity index (χ2v) is 17.5. The molecule has 0 unspecified atom stereocenters. The van der Waals surface area contributed by atoms with Crippen molar-refractivity contribution in [1.82, 2.24) is 5.32 Å². The third kappa shape index (κ3) is 19.5. The average Bonchev–Trinajstić information content (AvgIpc) is 3.22. The second kappa shape index (κ2) is 31.4. The summed E-state index contributed by atoms with van der Waals surface area (Å²) >= 11 is 0. The van der Waals surface area contributed by atoms with E-state index >= 15 is 0 Å². The zero-order valence-electron chi connectivity index (χ0n) is 37.2. The molecule has 0 saturated carbocycles. The van der Waals surface area contributed by atoms with Crippen LogP contribution in [-0.2, 0) is 28.5 Å². The third-order valence-corrected chi connectivity index (χ3v) is 12.3. The number of aliphatic hydroxyl groups excluding tert-OH is 7. The molecule has 1 amide bonds. The van der Waals surface area contributed by atoms with E-state index in [-0.39, 0.29) is 12.5 Å². The van der Waals surface area contributed by atoms with Gasteiger partial charge in [-0.25, -0.2) is 4.79 Å². The molecule has 2 aliphatic heterocycles. The van der Waals surface area contributed by atoms with Gasteiger partial charge in [0.25, 0.3) is 5.79 Å². The van der Waals surface area contributed by atoms with Crippen molar-refractivity contribution in [3.63, 3.8) is 0 Å². The Balaban J connectivity index is 2.11. The summed E-state index contributed by atoms with van der Waals surface area (Å²) < 4.78 is 23.6. The molecule has 0 aromatic heterocycles. The van der Waals surface area contributed by atoms with E-state index in [9.17, 15) is 50.4 Å². The van der Waals surface area contributed by atoms with Gasteiger partial charge < -0.3 is 65.1 Å². The highest BCUT2D eigenvalue weighted by molar-refractivity contribution is 5.76. The number of carboxylic acid groups (broad SMARTS) is 1. The number of nitrogens with one attached hydrogen (secondary N) is 1. The van der Waals surface area contributed by atoms with E-state index in [4.69, 9.17) is 18.9 Å². The van der Waals surface area contributed by atoms with Crippen LogP contribution in [0.25, 0.3) is 0 Å². The molecular formula is C45H85NO14. The second-order valence-electron chi connectivity index (χ2n) is 17.5. The molecule has 2 heterocycles. The summed E-state index contributed by atoms with van der Waals surface area (Å²) in [5.74, 6) is -5.16. The van der Waals surface area contributed by atoms with Gasteiger partial charge in [-0.3, -0.25) is 4.79 Å². The van der Waals surface area contributed by atoms with Gasteiger partial charge in [-0.15, -0.1) is 0 Å². The minimum atomic E-state index is -2.84. The molecule has 2 aliphatic rings. The maximum atomic E-state index is 12.9. The molecule has 2 rings (SSSR count). The molecule has 0 aromatic carbocycles. The summed E-state index contributed by atoms with van der Waals surface area (Å²) in [6.45, 7) is 4.11. The molecule has 0 aliphatic carbocycles. The van der Waals surface area contributed by atoms with Crippen molar-refractivity contribution in [3.05, 3.63) is 0 Å². The van der Waals surface area contributed by atoms with Gasteiger partial charge >= 0.3 is 5.97 Å². The monoisotopic (exact) mass is 864 g/mol. The summed E-state index contributed by atoms with van der Waals surface area (Å²) in [7, 11) is 0. The van der Waals surface area contributed by atoms with Gasteiger partial charge in [0.1, 0.15) is 42.7 Å². The van der Waals surface area contributed by atoms with Crippen molar-refractivity contribution in [2.24, 2.45) is 5.92 Å². The van der Waals surface area contributed by atoms with Gasteiger partial charge in [-0.05, 0) is 18.8 Å². The van der Waals surface area contributed by atoms with E-state index in [1.54, 1.807) is 0 Å². The number of ether oxygens (including phenoxy) is 4. The lowest BCUT2D eigenvalue weighted by atomic mass is 9.88. The number of hydrogen-bond acceptors (Lipinski definition) is 13. The first-order chi connectivity index (χ1) is 28.8. The number of rotatable bonds is 35. The quantitative estimate of drug-likeness (QED) is 0.0381. The number of amides is 1. The Morgan fingerprint density at radius 3 is 1.62 bits per heavy atom. The molecule has 2 fully saturated rings. The van der Waals surface area contributed by atoms with Crippen LogP contribution in [0.2, 0.25) is 0 Å². The Kier molecular flexibility index (Phi) is 28.6. The molecule has 9 N–H and O–H groups in total. The van der Waals surface area contributed by atoms with Crippen molar-refractivity contribution in [1.29, 1.82) is 0 Å². The zero-order valence-corrected chi connectivity index (χ0v) is 37.2. The number of aliphatic carboxylic acids is 1. The average molecular weight is 864 g/mol. The Hall–Kier alpha value is -1.50. The van der Waals surface area contributed by atoms with Crippen LogP contribution < -0.4 is 5.32 Å². The molecule has 15 nitrogen and oxygen atoms in total. The summed E-state index contributed by atoms with van der Waals surface area (Å²) in [6.07, 6.45) is 12.6. The highest BCUT2D eigenvalue weighted by atomic mass is 16.8. The predicted octanol–water partition coefficient (Wildman–Crippen LogP) is 5.00. The smallest absolute Gasteiger partial charge is 0.364 e. The largest absolute Gasteiger partial charge is 0.477 e. The first kappa shape index (κ1) is 54.6. The number of unbranched alkanes of at least 4 members (excludes halogenated alkanes) is 20. The van der Waals surface area contributed by atoms with Crippen LogP contribution in [0, 0.1) is 5.92 Å². The lowest BCUT2D eigenvalue weighted by Crippen LogP contribution is -2.70. The van der Waals surface area contributed by atoms with Crippen LogP contribution in [0.5, 0.6) is 0 Å². The summed E-state index contributed by atoms with van der Waals surface area (Å²) in [6, 6.07) is -1.43. The fourth-order valence-corrected chi connectivity index (χ4v) is 8.53. The Labute approximate surface area is 359 Å². The number of carbonyl (C=O) groups excluding carboxylic acids is 1. The minimum Gasteiger partial charge on any atom is -0.477 e. The lowest BCUT2D eigenvalue weighted by molar-refractivity contribution is -0.370. The fourth-order valence-electron chi connectivity index (χ4n) is 8.53. The van der Waals surface area contributed by atoms with E-state index in [1.165, 1.54) is 116 Å². The van der Waals surface area contributed by atoms with Crippen molar-refractivity contribution < 1.29 is 69.4 Å². The molecule has 0 radical (unpaired) electrons. The Bertz CT molecular complexity index is 1090. The number of aliphatic hydroxyl groups is 7. The van der Waals surface area contributed by atoms with Crippen molar-refractivity contribution in [2.75, 3.05) is 19.8 Å². The van der Waals surface area contributed by atoms with Crippen molar-refractivity contribution >= 4 is 11.9 Å². The first-order valence-corrected chi connectivity index (χ1v) is 23.6. The van der Waals surface area contributed by atoms with E-state index in [2.05, 4.69) is 19.2 Å². The van der Waals surface area contributed by atoms with E-state index in [0.29, 0.717) is 0 Å². The van der Waals surface area contributed by atoms with Crippen LogP contribution in [0.3, 0.4) is 0 Å². The topological polar surface area (TPSA) is 245 Å². The van der Waals surface area contributed by atoms with Gasteiger partial charge in [-0.1, -0.05) is 155 Å². The molecule has 15 heteroatoms.